The Morgan fingerprint density at radius 1 is 1.37 bits per heavy atom. The molecule has 1 amide bonds. The first kappa shape index (κ1) is 13.5. The smallest absolute Gasteiger partial charge is 0.226 e. The molecule has 0 radical (unpaired) electrons. The van der Waals surface area contributed by atoms with Crippen LogP contribution in [0.1, 0.15) is 23.2 Å². The van der Waals surface area contributed by atoms with Crippen LogP contribution in [-0.2, 0) is 11.2 Å². The van der Waals surface area contributed by atoms with Gasteiger partial charge in [-0.1, -0.05) is 5.16 Å². The molecular formula is C14H18N2O3. The van der Waals surface area contributed by atoms with Gasteiger partial charge in [-0.2, -0.15) is 0 Å². The number of fused-ring (bicyclic) bond motifs is 1. The molecule has 2 rings (SSSR count). The van der Waals surface area contributed by atoms with Crippen LogP contribution >= 0.6 is 0 Å². The number of hydrogen-bond donors (Lipinski definition) is 2. The zero-order valence-corrected chi connectivity index (χ0v) is 11.2. The molecule has 2 N–H and O–H groups in total. The minimum atomic E-state index is -0.109. The molecule has 102 valence electrons. The molecule has 0 bridgehead atoms. The van der Waals surface area contributed by atoms with E-state index in [1.165, 1.54) is 0 Å². The Kier molecular flexibility index (Phi) is 4.16. The molecule has 1 heterocycles. The van der Waals surface area contributed by atoms with Crippen molar-refractivity contribution in [3.63, 3.8) is 0 Å². The highest BCUT2D eigenvalue weighted by Gasteiger charge is 2.13. The molecule has 0 spiro atoms. The number of hydrogen-bond acceptors (Lipinski definition) is 4. The quantitative estimate of drug-likeness (QED) is 0.800. The van der Waals surface area contributed by atoms with Crippen molar-refractivity contribution in [2.24, 2.45) is 0 Å². The Morgan fingerprint density at radius 3 is 2.84 bits per heavy atom. The number of aromatic nitrogens is 1. The zero-order chi connectivity index (χ0) is 13.8. The van der Waals surface area contributed by atoms with Crippen LogP contribution in [0.2, 0.25) is 0 Å². The number of carbonyl (C=O) groups excluding carboxylic acids is 1. The van der Waals surface area contributed by atoms with Crippen LogP contribution in [-0.4, -0.2) is 29.3 Å². The summed E-state index contributed by atoms with van der Waals surface area (Å²) in [6.45, 7) is 4.58. The Hall–Kier alpha value is -1.88. The van der Waals surface area contributed by atoms with Gasteiger partial charge in [-0.05, 0) is 43.5 Å². The van der Waals surface area contributed by atoms with Gasteiger partial charge in [0, 0.05) is 18.5 Å². The van der Waals surface area contributed by atoms with Crippen molar-refractivity contribution in [3.8, 4) is 0 Å². The Labute approximate surface area is 111 Å². The number of rotatable bonds is 5. The summed E-state index contributed by atoms with van der Waals surface area (Å²) in [6.07, 6.45) is 0.754. The van der Waals surface area contributed by atoms with Crippen LogP contribution < -0.4 is 5.32 Å². The van der Waals surface area contributed by atoms with Crippen LogP contribution in [0.3, 0.4) is 0 Å². The fraction of sp³-hybridized carbons (Fsp3) is 0.429. The standard InChI is InChI=1S/C14H18N2O3/c1-9-6-11-12(8-14(18)15-4-3-5-17)16-19-13(11)7-10(9)2/h6-7,17H,3-5,8H2,1-2H3,(H,15,18). The minimum absolute atomic E-state index is 0.0750. The van der Waals surface area contributed by atoms with Crippen molar-refractivity contribution in [2.75, 3.05) is 13.2 Å². The molecule has 0 aliphatic heterocycles. The van der Waals surface area contributed by atoms with Crippen LogP contribution in [0.15, 0.2) is 16.7 Å². The average molecular weight is 262 g/mol. The second-order valence-electron chi connectivity index (χ2n) is 4.67. The molecular weight excluding hydrogens is 244 g/mol. The molecule has 5 heteroatoms. The lowest BCUT2D eigenvalue weighted by Gasteiger charge is -2.02. The molecule has 0 atom stereocenters. The molecule has 1 aromatic heterocycles. The van der Waals surface area contributed by atoms with E-state index in [-0.39, 0.29) is 18.9 Å². The Balaban J connectivity index is 2.13. The first-order chi connectivity index (χ1) is 9.11. The summed E-state index contributed by atoms with van der Waals surface area (Å²) >= 11 is 0. The highest BCUT2D eigenvalue weighted by atomic mass is 16.5. The topological polar surface area (TPSA) is 75.4 Å². The summed E-state index contributed by atoms with van der Waals surface area (Å²) in [5, 5.41) is 16.2. The van der Waals surface area contributed by atoms with Gasteiger partial charge in [-0.3, -0.25) is 4.79 Å². The SMILES string of the molecule is Cc1cc2onc(CC(=O)NCCCO)c2cc1C. The maximum Gasteiger partial charge on any atom is 0.226 e. The van der Waals surface area contributed by atoms with Gasteiger partial charge >= 0.3 is 0 Å². The number of carbonyl (C=O) groups is 1. The Bertz CT molecular complexity index is 590. The lowest BCUT2D eigenvalue weighted by atomic mass is 10.1. The van der Waals surface area contributed by atoms with Crippen molar-refractivity contribution >= 4 is 16.9 Å². The van der Waals surface area contributed by atoms with Crippen LogP contribution in [0.25, 0.3) is 11.0 Å². The summed E-state index contributed by atoms with van der Waals surface area (Å²) in [5.74, 6) is -0.109. The molecule has 19 heavy (non-hydrogen) atoms. The van der Waals surface area contributed by atoms with Gasteiger partial charge in [0.15, 0.2) is 5.58 Å². The largest absolute Gasteiger partial charge is 0.396 e. The van der Waals surface area contributed by atoms with E-state index < -0.39 is 0 Å². The number of nitrogens with one attached hydrogen (secondary N) is 1. The van der Waals surface area contributed by atoms with Crippen molar-refractivity contribution in [2.45, 2.75) is 26.7 Å². The molecule has 1 aromatic carbocycles. The Morgan fingerprint density at radius 2 is 2.11 bits per heavy atom. The zero-order valence-electron chi connectivity index (χ0n) is 11.2. The maximum atomic E-state index is 11.7. The summed E-state index contributed by atoms with van der Waals surface area (Å²) in [6, 6.07) is 3.93. The van der Waals surface area contributed by atoms with E-state index in [1.54, 1.807) is 0 Å². The number of benzene rings is 1. The fourth-order valence-electron chi connectivity index (χ4n) is 1.89. The van der Waals surface area contributed by atoms with Crippen molar-refractivity contribution in [1.82, 2.24) is 10.5 Å². The average Bonchev–Trinajstić information content (AvgIpc) is 2.73. The van der Waals surface area contributed by atoms with E-state index in [0.29, 0.717) is 24.2 Å². The van der Waals surface area contributed by atoms with Gasteiger partial charge in [0.05, 0.1) is 6.42 Å². The number of amides is 1. The van der Waals surface area contributed by atoms with Gasteiger partial charge in [-0.25, -0.2) is 0 Å². The number of aliphatic hydroxyl groups is 1. The maximum absolute atomic E-state index is 11.7. The van der Waals surface area contributed by atoms with E-state index >= 15 is 0 Å². The summed E-state index contributed by atoms with van der Waals surface area (Å²) in [7, 11) is 0. The van der Waals surface area contributed by atoms with E-state index in [4.69, 9.17) is 9.63 Å². The number of aryl methyl sites for hydroxylation is 2. The molecule has 0 saturated heterocycles. The number of aliphatic hydroxyl groups excluding tert-OH is 1. The second kappa shape index (κ2) is 5.84. The first-order valence-corrected chi connectivity index (χ1v) is 6.35. The molecule has 0 unspecified atom stereocenters. The fourth-order valence-corrected chi connectivity index (χ4v) is 1.89. The normalized spacial score (nSPS) is 10.9. The summed E-state index contributed by atoms with van der Waals surface area (Å²) in [4.78, 5) is 11.7. The third-order valence-electron chi connectivity index (χ3n) is 3.15. The highest BCUT2D eigenvalue weighted by Crippen LogP contribution is 2.22. The highest BCUT2D eigenvalue weighted by molar-refractivity contribution is 5.87. The number of nitrogens with zero attached hydrogens (tertiary/aromatic N) is 1. The molecule has 0 saturated carbocycles. The van der Waals surface area contributed by atoms with Gasteiger partial charge in [-0.15, -0.1) is 0 Å². The molecule has 2 aromatic rings. The minimum Gasteiger partial charge on any atom is -0.396 e. The lowest BCUT2D eigenvalue weighted by Crippen LogP contribution is -2.26. The van der Waals surface area contributed by atoms with Gasteiger partial charge in [0.1, 0.15) is 5.69 Å². The molecule has 5 nitrogen and oxygen atoms in total. The van der Waals surface area contributed by atoms with Crippen molar-refractivity contribution in [1.29, 1.82) is 0 Å². The monoisotopic (exact) mass is 262 g/mol. The first-order valence-electron chi connectivity index (χ1n) is 6.35. The van der Waals surface area contributed by atoms with Crippen LogP contribution in [0.5, 0.6) is 0 Å². The van der Waals surface area contributed by atoms with Gasteiger partial charge in [0.2, 0.25) is 5.91 Å². The van der Waals surface area contributed by atoms with Crippen molar-refractivity contribution in [3.05, 3.63) is 29.0 Å². The van der Waals surface area contributed by atoms with E-state index in [9.17, 15) is 4.79 Å². The van der Waals surface area contributed by atoms with Crippen LogP contribution in [0.4, 0.5) is 0 Å². The third-order valence-corrected chi connectivity index (χ3v) is 3.15. The van der Waals surface area contributed by atoms with Crippen molar-refractivity contribution < 1.29 is 14.4 Å². The summed E-state index contributed by atoms with van der Waals surface area (Å²) < 4.78 is 5.24. The van der Waals surface area contributed by atoms with E-state index in [0.717, 1.165) is 16.5 Å². The molecule has 0 fully saturated rings. The predicted octanol–water partition coefficient (Wildman–Crippen LogP) is 1.49. The predicted molar refractivity (Wildman–Crippen MR) is 71.9 cm³/mol. The van der Waals surface area contributed by atoms with Gasteiger partial charge in [0.25, 0.3) is 0 Å². The molecule has 0 aliphatic rings. The van der Waals surface area contributed by atoms with Gasteiger partial charge < -0.3 is 14.9 Å². The molecule has 0 aliphatic carbocycles. The summed E-state index contributed by atoms with van der Waals surface area (Å²) in [5.41, 5.74) is 3.65. The van der Waals surface area contributed by atoms with E-state index in [2.05, 4.69) is 10.5 Å². The second-order valence-corrected chi connectivity index (χ2v) is 4.67. The van der Waals surface area contributed by atoms with Crippen LogP contribution in [0, 0.1) is 13.8 Å². The van der Waals surface area contributed by atoms with E-state index in [1.807, 2.05) is 26.0 Å². The third kappa shape index (κ3) is 3.12. The lowest BCUT2D eigenvalue weighted by molar-refractivity contribution is -0.120.